The van der Waals surface area contributed by atoms with Crippen LogP contribution in [-0.4, -0.2) is 32.4 Å². The third-order valence-corrected chi connectivity index (χ3v) is 4.35. The van der Waals surface area contributed by atoms with E-state index in [1.807, 2.05) is 30.3 Å². The lowest BCUT2D eigenvalue weighted by molar-refractivity contribution is -0.118. The lowest BCUT2D eigenvalue weighted by Gasteiger charge is -2.13. The third-order valence-electron chi connectivity index (χ3n) is 2.61. The molecule has 3 N–H and O–H groups in total. The SMILES string of the molecule is CCCS(=O)(=O)CC(=O)NCC(N)c1ccccc1. The second-order valence-corrected chi connectivity index (χ2v) is 6.60. The molecule has 0 saturated carbocycles. The molecule has 19 heavy (non-hydrogen) atoms. The van der Waals surface area contributed by atoms with Gasteiger partial charge in [-0.3, -0.25) is 4.79 Å². The van der Waals surface area contributed by atoms with Crippen LogP contribution in [0.1, 0.15) is 24.9 Å². The largest absolute Gasteiger partial charge is 0.353 e. The van der Waals surface area contributed by atoms with E-state index in [-0.39, 0.29) is 18.3 Å². The first kappa shape index (κ1) is 15.7. The zero-order valence-corrected chi connectivity index (χ0v) is 11.8. The fourth-order valence-electron chi connectivity index (χ4n) is 1.68. The van der Waals surface area contributed by atoms with Gasteiger partial charge in [0.2, 0.25) is 5.91 Å². The summed E-state index contributed by atoms with van der Waals surface area (Å²) in [5.41, 5.74) is 6.80. The molecule has 0 aliphatic carbocycles. The van der Waals surface area contributed by atoms with Crippen LogP contribution in [0.3, 0.4) is 0 Å². The van der Waals surface area contributed by atoms with E-state index >= 15 is 0 Å². The van der Waals surface area contributed by atoms with Crippen molar-refractivity contribution in [1.82, 2.24) is 5.32 Å². The molecule has 1 unspecified atom stereocenters. The van der Waals surface area contributed by atoms with Crippen LogP contribution in [-0.2, 0) is 14.6 Å². The highest BCUT2D eigenvalue weighted by Gasteiger charge is 2.16. The fourth-order valence-corrected chi connectivity index (χ4v) is 2.94. The second kappa shape index (κ2) is 7.25. The normalized spacial score (nSPS) is 12.9. The van der Waals surface area contributed by atoms with Crippen molar-refractivity contribution in [2.45, 2.75) is 19.4 Å². The van der Waals surface area contributed by atoms with Crippen molar-refractivity contribution < 1.29 is 13.2 Å². The van der Waals surface area contributed by atoms with Crippen LogP contribution in [0.2, 0.25) is 0 Å². The van der Waals surface area contributed by atoms with Crippen molar-refractivity contribution in [3.63, 3.8) is 0 Å². The first-order valence-corrected chi connectivity index (χ1v) is 8.04. The summed E-state index contributed by atoms with van der Waals surface area (Å²) in [4.78, 5) is 11.5. The molecular formula is C13H20N2O3S. The van der Waals surface area contributed by atoms with Gasteiger partial charge in [-0.25, -0.2) is 8.42 Å². The summed E-state index contributed by atoms with van der Waals surface area (Å²) in [5.74, 6) is -0.937. The molecule has 0 fully saturated rings. The van der Waals surface area contributed by atoms with E-state index in [0.717, 1.165) is 5.56 Å². The summed E-state index contributed by atoms with van der Waals surface area (Å²) < 4.78 is 22.9. The third kappa shape index (κ3) is 5.85. The van der Waals surface area contributed by atoms with Crippen LogP contribution in [0.15, 0.2) is 30.3 Å². The van der Waals surface area contributed by atoms with Crippen LogP contribution in [0.4, 0.5) is 0 Å². The average molecular weight is 284 g/mol. The number of carbonyl (C=O) groups is 1. The Morgan fingerprint density at radius 1 is 1.32 bits per heavy atom. The van der Waals surface area contributed by atoms with Crippen LogP contribution < -0.4 is 11.1 Å². The Balaban J connectivity index is 2.43. The molecule has 5 nitrogen and oxygen atoms in total. The summed E-state index contributed by atoms with van der Waals surface area (Å²) >= 11 is 0. The zero-order chi connectivity index (χ0) is 14.3. The topological polar surface area (TPSA) is 89.3 Å². The highest BCUT2D eigenvalue weighted by Crippen LogP contribution is 2.07. The number of nitrogens with two attached hydrogens (primary N) is 1. The number of benzene rings is 1. The maximum atomic E-state index is 11.5. The molecule has 1 amide bonds. The summed E-state index contributed by atoms with van der Waals surface area (Å²) in [7, 11) is -3.30. The summed E-state index contributed by atoms with van der Waals surface area (Å²) in [6.07, 6.45) is 0.513. The number of amides is 1. The Labute approximate surface area is 114 Å². The van der Waals surface area contributed by atoms with Gasteiger partial charge >= 0.3 is 0 Å². The van der Waals surface area contributed by atoms with Gasteiger partial charge in [-0.1, -0.05) is 37.3 Å². The molecule has 0 aliphatic heterocycles. The van der Waals surface area contributed by atoms with Gasteiger partial charge in [-0.2, -0.15) is 0 Å². The first-order chi connectivity index (χ1) is 8.94. The van der Waals surface area contributed by atoms with E-state index in [4.69, 9.17) is 5.73 Å². The van der Waals surface area contributed by atoms with Crippen LogP contribution in [0.5, 0.6) is 0 Å². The minimum Gasteiger partial charge on any atom is -0.353 e. The monoisotopic (exact) mass is 284 g/mol. The molecule has 0 heterocycles. The van der Waals surface area contributed by atoms with E-state index in [1.165, 1.54) is 0 Å². The standard InChI is InChI=1S/C13H20N2O3S/c1-2-8-19(17,18)10-13(16)15-9-12(14)11-6-4-3-5-7-11/h3-7,12H,2,8-10,14H2,1H3,(H,15,16). The number of sulfone groups is 1. The minimum atomic E-state index is -3.30. The van der Waals surface area contributed by atoms with E-state index in [1.54, 1.807) is 6.92 Å². The maximum absolute atomic E-state index is 11.5. The molecule has 1 aromatic carbocycles. The molecule has 0 spiro atoms. The fraction of sp³-hybridized carbons (Fsp3) is 0.462. The average Bonchev–Trinajstić information content (AvgIpc) is 2.36. The second-order valence-electron chi connectivity index (χ2n) is 4.41. The Morgan fingerprint density at radius 3 is 2.53 bits per heavy atom. The number of rotatable bonds is 7. The highest BCUT2D eigenvalue weighted by atomic mass is 32.2. The maximum Gasteiger partial charge on any atom is 0.235 e. The van der Waals surface area contributed by atoms with Gasteiger partial charge in [-0.05, 0) is 12.0 Å². The molecule has 0 saturated heterocycles. The molecule has 0 aromatic heterocycles. The van der Waals surface area contributed by atoms with Gasteiger partial charge in [0.05, 0.1) is 5.75 Å². The van der Waals surface area contributed by atoms with Crippen molar-refractivity contribution in [2.75, 3.05) is 18.1 Å². The summed E-state index contributed by atoms with van der Waals surface area (Å²) in [5, 5.41) is 2.55. The molecule has 1 atom stereocenters. The lowest BCUT2D eigenvalue weighted by Crippen LogP contribution is -2.36. The molecular weight excluding hydrogens is 264 g/mol. The number of nitrogens with one attached hydrogen (secondary N) is 1. The predicted octanol–water partition coefficient (Wildman–Crippen LogP) is 0.627. The Morgan fingerprint density at radius 2 is 1.95 bits per heavy atom. The molecule has 0 radical (unpaired) electrons. The van der Waals surface area contributed by atoms with Gasteiger partial charge in [0.15, 0.2) is 9.84 Å². The van der Waals surface area contributed by atoms with E-state index < -0.39 is 21.5 Å². The van der Waals surface area contributed by atoms with Crippen molar-refractivity contribution in [2.24, 2.45) is 5.73 Å². The Hall–Kier alpha value is -1.40. The number of carbonyl (C=O) groups excluding carboxylic acids is 1. The minimum absolute atomic E-state index is 0.0329. The molecule has 1 rings (SSSR count). The predicted molar refractivity (Wildman–Crippen MR) is 75.3 cm³/mol. The molecule has 1 aromatic rings. The molecule has 0 bridgehead atoms. The van der Waals surface area contributed by atoms with Crippen LogP contribution in [0.25, 0.3) is 0 Å². The first-order valence-electron chi connectivity index (χ1n) is 6.22. The van der Waals surface area contributed by atoms with Gasteiger partial charge in [0.25, 0.3) is 0 Å². The summed E-state index contributed by atoms with van der Waals surface area (Å²) in [6.45, 7) is 1.99. The summed E-state index contributed by atoms with van der Waals surface area (Å²) in [6, 6.07) is 9.01. The van der Waals surface area contributed by atoms with Gasteiger partial charge in [0.1, 0.15) is 5.75 Å². The van der Waals surface area contributed by atoms with Crippen molar-refractivity contribution in [3.05, 3.63) is 35.9 Å². The Kier molecular flexibility index (Phi) is 5.98. The van der Waals surface area contributed by atoms with Crippen LogP contribution >= 0.6 is 0 Å². The van der Waals surface area contributed by atoms with E-state index in [0.29, 0.717) is 6.42 Å². The smallest absolute Gasteiger partial charge is 0.235 e. The number of hydrogen-bond donors (Lipinski definition) is 2. The Bertz CT molecular complexity index is 500. The van der Waals surface area contributed by atoms with Gasteiger partial charge in [0, 0.05) is 12.6 Å². The van der Waals surface area contributed by atoms with E-state index in [2.05, 4.69) is 5.32 Å². The molecule has 106 valence electrons. The van der Waals surface area contributed by atoms with Gasteiger partial charge in [-0.15, -0.1) is 0 Å². The van der Waals surface area contributed by atoms with Gasteiger partial charge < -0.3 is 11.1 Å². The van der Waals surface area contributed by atoms with Crippen molar-refractivity contribution in [1.29, 1.82) is 0 Å². The van der Waals surface area contributed by atoms with Crippen molar-refractivity contribution in [3.8, 4) is 0 Å². The molecule has 0 aliphatic rings. The van der Waals surface area contributed by atoms with Crippen molar-refractivity contribution >= 4 is 15.7 Å². The molecule has 6 heteroatoms. The van der Waals surface area contributed by atoms with Crippen LogP contribution in [0, 0.1) is 0 Å². The highest BCUT2D eigenvalue weighted by molar-refractivity contribution is 7.92. The lowest BCUT2D eigenvalue weighted by atomic mass is 10.1. The number of hydrogen-bond acceptors (Lipinski definition) is 4. The zero-order valence-electron chi connectivity index (χ0n) is 11.0. The quantitative estimate of drug-likeness (QED) is 0.768. The van der Waals surface area contributed by atoms with E-state index in [9.17, 15) is 13.2 Å².